The number of terminal acetylenes is 1. The Balaban J connectivity index is 2.72. The van der Waals surface area contributed by atoms with Gasteiger partial charge in [-0.1, -0.05) is 5.92 Å². The molecule has 1 rings (SSSR count). The Morgan fingerprint density at radius 3 is 2.56 bits per heavy atom. The lowest BCUT2D eigenvalue weighted by atomic mass is 10.5. The van der Waals surface area contributed by atoms with Crippen molar-refractivity contribution in [1.29, 1.82) is 0 Å². The van der Waals surface area contributed by atoms with E-state index in [2.05, 4.69) is 5.92 Å². The van der Waals surface area contributed by atoms with Gasteiger partial charge in [-0.15, -0.1) is 6.42 Å². The van der Waals surface area contributed by atoms with Gasteiger partial charge in [-0.05, 0) is 21.6 Å². The molecule has 1 aliphatic rings. The molecule has 2 nitrogen and oxygen atoms in total. The first-order valence-corrected chi connectivity index (χ1v) is 6.56. The van der Waals surface area contributed by atoms with Crippen LogP contribution in [-0.4, -0.2) is 19.4 Å². The van der Waals surface area contributed by atoms with Crippen LogP contribution in [0.4, 0.5) is 0 Å². The van der Waals surface area contributed by atoms with Crippen LogP contribution in [-0.2, 0) is 7.90 Å². The Hall–Kier alpha value is 0.210. The largest absolute Gasteiger partial charge is 0.254 e. The summed E-state index contributed by atoms with van der Waals surface area (Å²) in [5, 5.41) is -0.139. The van der Waals surface area contributed by atoms with Crippen molar-refractivity contribution in [2.24, 2.45) is 0 Å². The predicted molar refractivity (Wildman–Crippen MR) is 41.6 cm³/mol. The highest BCUT2D eigenvalue weighted by molar-refractivity contribution is 9.06. The van der Waals surface area contributed by atoms with Gasteiger partial charge in [-0.3, -0.25) is 0 Å². The third-order valence-corrected chi connectivity index (χ3v) is 6.77. The van der Waals surface area contributed by atoms with Crippen LogP contribution in [0.3, 0.4) is 0 Å². The molecule has 5 heteroatoms. The second kappa shape index (κ2) is 2.45. The van der Waals surface area contributed by atoms with E-state index in [0.29, 0.717) is 5.75 Å². The zero-order chi connectivity index (χ0) is 6.91. The molecule has 0 saturated carbocycles. The molecular weight excluding hydrogens is 176 g/mol. The van der Waals surface area contributed by atoms with E-state index < -0.39 is 7.90 Å². The Kier molecular flexibility index (Phi) is 1.99. The topological polar surface area (TPSA) is 34.1 Å². The number of rotatable bonds is 0. The van der Waals surface area contributed by atoms with Crippen molar-refractivity contribution in [2.45, 2.75) is 5.25 Å². The van der Waals surface area contributed by atoms with E-state index in [-0.39, 0.29) is 5.25 Å². The molecule has 1 aliphatic heterocycles. The van der Waals surface area contributed by atoms with Crippen molar-refractivity contribution in [3.8, 4) is 12.3 Å². The van der Waals surface area contributed by atoms with E-state index in [1.165, 1.54) is 0 Å². The van der Waals surface area contributed by atoms with Gasteiger partial charge in [0.2, 0.25) is 0 Å². The van der Waals surface area contributed by atoms with Gasteiger partial charge in [0, 0.05) is 5.75 Å². The molecule has 9 heavy (non-hydrogen) atoms. The third kappa shape index (κ3) is 1.81. The van der Waals surface area contributed by atoms with Crippen LogP contribution in [0, 0.1) is 12.3 Å². The highest BCUT2D eigenvalue weighted by Gasteiger charge is 2.28. The molecule has 1 atom stereocenters. The van der Waals surface area contributed by atoms with E-state index >= 15 is 0 Å². The third-order valence-electron chi connectivity index (χ3n) is 0.784. The molecule has 1 saturated heterocycles. The minimum atomic E-state index is -2.92. The smallest absolute Gasteiger partial charge is 0.206 e. The van der Waals surface area contributed by atoms with Crippen LogP contribution in [0.1, 0.15) is 0 Å². The molecule has 0 aromatic carbocycles. The van der Waals surface area contributed by atoms with E-state index in [9.17, 15) is 8.42 Å². The maximum Gasteiger partial charge on any atom is 0.254 e. The summed E-state index contributed by atoms with van der Waals surface area (Å²) in [5.41, 5.74) is 0. The van der Waals surface area contributed by atoms with Gasteiger partial charge in [0.25, 0.3) is 7.90 Å². The maximum atomic E-state index is 10.6. The van der Waals surface area contributed by atoms with Crippen LogP contribution >= 0.6 is 21.6 Å². The molecule has 0 aromatic heterocycles. The first-order chi connectivity index (χ1) is 4.14. The molecule has 0 amide bonds. The lowest BCUT2D eigenvalue weighted by Gasteiger charge is -1.88. The Morgan fingerprint density at radius 2 is 2.33 bits per heavy atom. The fraction of sp³-hybridized carbons (Fsp3) is 0.500. The predicted octanol–water partition coefficient (Wildman–Crippen LogP) is 0.713. The summed E-state index contributed by atoms with van der Waals surface area (Å²) >= 11 is 0. The average molecular weight is 180 g/mol. The second-order valence-electron chi connectivity index (χ2n) is 1.44. The van der Waals surface area contributed by atoms with Crippen LogP contribution < -0.4 is 0 Å². The quantitative estimate of drug-likeness (QED) is 0.406. The molecule has 0 bridgehead atoms. The normalized spacial score (nSPS) is 31.7. The molecule has 1 fully saturated rings. The SMILES string of the molecule is C#CC1CSS(=O)(=O)S1. The van der Waals surface area contributed by atoms with Crippen molar-refractivity contribution in [3.05, 3.63) is 0 Å². The van der Waals surface area contributed by atoms with Crippen molar-refractivity contribution < 1.29 is 8.42 Å². The zero-order valence-electron chi connectivity index (χ0n) is 4.40. The summed E-state index contributed by atoms with van der Waals surface area (Å²) in [6.45, 7) is 0. The maximum absolute atomic E-state index is 10.6. The summed E-state index contributed by atoms with van der Waals surface area (Å²) in [6.07, 6.45) is 5.01. The standard InChI is InChI=1S/C4H4O2S3/c1-2-4-3-7-9(5,6)8-4/h1,4H,3H2. The van der Waals surface area contributed by atoms with E-state index in [4.69, 9.17) is 6.42 Å². The molecule has 0 radical (unpaired) electrons. The van der Waals surface area contributed by atoms with Gasteiger partial charge in [0.15, 0.2) is 0 Å². The minimum Gasteiger partial charge on any atom is -0.206 e. The van der Waals surface area contributed by atoms with Gasteiger partial charge in [0.05, 0.1) is 5.25 Å². The highest BCUT2D eigenvalue weighted by atomic mass is 33.5. The number of hydrogen-bond donors (Lipinski definition) is 0. The first kappa shape index (κ1) is 7.32. The Labute approximate surface area is 61.5 Å². The van der Waals surface area contributed by atoms with Crippen molar-refractivity contribution in [1.82, 2.24) is 0 Å². The van der Waals surface area contributed by atoms with Gasteiger partial charge in [-0.25, -0.2) is 8.42 Å². The van der Waals surface area contributed by atoms with E-state index in [0.717, 1.165) is 21.6 Å². The molecule has 0 aromatic rings. The van der Waals surface area contributed by atoms with Crippen LogP contribution in [0.5, 0.6) is 0 Å². The fourth-order valence-corrected chi connectivity index (χ4v) is 6.33. The zero-order valence-corrected chi connectivity index (χ0v) is 6.85. The summed E-state index contributed by atoms with van der Waals surface area (Å²) in [6, 6.07) is 0. The number of hydrogen-bond acceptors (Lipinski definition) is 4. The summed E-state index contributed by atoms with van der Waals surface area (Å²) < 4.78 is 21.3. The molecule has 0 aliphatic carbocycles. The monoisotopic (exact) mass is 180 g/mol. The van der Waals surface area contributed by atoms with Crippen LogP contribution in [0.2, 0.25) is 0 Å². The second-order valence-corrected chi connectivity index (χ2v) is 8.14. The highest BCUT2D eigenvalue weighted by Crippen LogP contribution is 2.39. The molecule has 0 N–H and O–H groups in total. The summed E-state index contributed by atoms with van der Waals surface area (Å²) in [7, 11) is -1.12. The molecule has 50 valence electrons. The molecule has 1 unspecified atom stereocenters. The average Bonchev–Trinajstić information content (AvgIpc) is 2.10. The summed E-state index contributed by atoms with van der Waals surface area (Å²) in [5.74, 6) is 2.91. The first-order valence-electron chi connectivity index (χ1n) is 2.18. The lowest BCUT2D eigenvalue weighted by molar-refractivity contribution is 0.623. The lowest BCUT2D eigenvalue weighted by Crippen LogP contribution is -1.93. The fourth-order valence-electron chi connectivity index (χ4n) is 0.419. The molecular formula is C4H4O2S3. The molecule has 1 heterocycles. The van der Waals surface area contributed by atoms with E-state index in [1.54, 1.807) is 0 Å². The van der Waals surface area contributed by atoms with Crippen molar-refractivity contribution in [3.63, 3.8) is 0 Å². The van der Waals surface area contributed by atoms with Gasteiger partial charge in [0.1, 0.15) is 0 Å². The van der Waals surface area contributed by atoms with Gasteiger partial charge in [-0.2, -0.15) is 0 Å². The minimum absolute atomic E-state index is 0.139. The Bertz CT molecular complexity index is 235. The van der Waals surface area contributed by atoms with Crippen LogP contribution in [0.15, 0.2) is 0 Å². The van der Waals surface area contributed by atoms with Crippen molar-refractivity contribution >= 4 is 29.5 Å². The Morgan fingerprint density at radius 1 is 1.67 bits per heavy atom. The molecule has 0 spiro atoms. The van der Waals surface area contributed by atoms with Crippen molar-refractivity contribution in [2.75, 3.05) is 5.75 Å². The van der Waals surface area contributed by atoms with Gasteiger partial charge < -0.3 is 0 Å². The van der Waals surface area contributed by atoms with Crippen LogP contribution in [0.25, 0.3) is 0 Å². The van der Waals surface area contributed by atoms with E-state index in [1.807, 2.05) is 0 Å². The van der Waals surface area contributed by atoms with Gasteiger partial charge >= 0.3 is 0 Å². The summed E-state index contributed by atoms with van der Waals surface area (Å²) in [4.78, 5) is 0.